The molecule has 2 aromatic rings. The number of carbonyl (C=O) groups is 1. The molecular formula is C13H14N2O4S2. The van der Waals surface area contributed by atoms with Gasteiger partial charge in [0.2, 0.25) is 0 Å². The second-order valence-electron chi connectivity index (χ2n) is 4.40. The molecule has 0 amide bonds. The lowest BCUT2D eigenvalue weighted by atomic mass is 10.3. The fourth-order valence-corrected chi connectivity index (χ4v) is 3.06. The monoisotopic (exact) mass is 326 g/mol. The van der Waals surface area contributed by atoms with Crippen LogP contribution in [0.2, 0.25) is 0 Å². The SMILES string of the molecule is CS(=O)(=O)c1ccc(NCCc2nc(C(=O)O)cs2)cc1. The van der Waals surface area contributed by atoms with Gasteiger partial charge in [-0.15, -0.1) is 11.3 Å². The zero-order valence-corrected chi connectivity index (χ0v) is 12.9. The minimum atomic E-state index is -3.18. The van der Waals surface area contributed by atoms with Crippen LogP contribution in [0.4, 0.5) is 5.69 Å². The third kappa shape index (κ3) is 4.27. The van der Waals surface area contributed by atoms with Gasteiger partial charge in [-0.25, -0.2) is 18.2 Å². The van der Waals surface area contributed by atoms with Crippen molar-refractivity contribution in [1.82, 2.24) is 4.98 Å². The molecule has 0 fully saturated rings. The molecule has 1 aromatic heterocycles. The third-order valence-electron chi connectivity index (χ3n) is 2.72. The van der Waals surface area contributed by atoms with Crippen molar-refractivity contribution in [2.24, 2.45) is 0 Å². The first kappa shape index (κ1) is 15.5. The summed E-state index contributed by atoms with van der Waals surface area (Å²) in [5.74, 6) is -1.03. The molecule has 0 aliphatic heterocycles. The average Bonchev–Trinajstić information content (AvgIpc) is 2.87. The lowest BCUT2D eigenvalue weighted by Gasteiger charge is -2.05. The van der Waals surface area contributed by atoms with Crippen LogP contribution in [-0.4, -0.2) is 37.3 Å². The highest BCUT2D eigenvalue weighted by atomic mass is 32.2. The largest absolute Gasteiger partial charge is 0.476 e. The molecule has 0 aliphatic rings. The fourth-order valence-electron chi connectivity index (χ4n) is 1.66. The molecule has 0 spiro atoms. The van der Waals surface area contributed by atoms with Gasteiger partial charge >= 0.3 is 5.97 Å². The molecule has 0 atom stereocenters. The average molecular weight is 326 g/mol. The molecule has 1 heterocycles. The Morgan fingerprint density at radius 1 is 1.33 bits per heavy atom. The van der Waals surface area contributed by atoms with Crippen LogP contribution in [0.1, 0.15) is 15.5 Å². The summed E-state index contributed by atoms with van der Waals surface area (Å²) in [5, 5.41) is 14.2. The van der Waals surface area contributed by atoms with E-state index in [0.29, 0.717) is 13.0 Å². The minimum absolute atomic E-state index is 0.0625. The Morgan fingerprint density at radius 3 is 2.52 bits per heavy atom. The molecule has 6 nitrogen and oxygen atoms in total. The molecule has 0 saturated carbocycles. The van der Waals surface area contributed by atoms with Crippen molar-refractivity contribution >= 4 is 32.8 Å². The van der Waals surface area contributed by atoms with Crippen molar-refractivity contribution in [1.29, 1.82) is 0 Å². The van der Waals surface area contributed by atoms with Crippen LogP contribution in [0.3, 0.4) is 0 Å². The lowest BCUT2D eigenvalue weighted by molar-refractivity contribution is 0.0691. The molecule has 8 heteroatoms. The number of hydrogen-bond acceptors (Lipinski definition) is 6. The zero-order valence-electron chi connectivity index (χ0n) is 11.2. The first-order valence-electron chi connectivity index (χ1n) is 6.08. The van der Waals surface area contributed by atoms with Crippen LogP contribution in [0.5, 0.6) is 0 Å². The summed E-state index contributed by atoms with van der Waals surface area (Å²) in [5.41, 5.74) is 0.866. The van der Waals surface area contributed by atoms with Crippen molar-refractivity contribution in [3.05, 3.63) is 40.3 Å². The summed E-state index contributed by atoms with van der Waals surface area (Å²) in [4.78, 5) is 15.0. The van der Waals surface area contributed by atoms with Crippen LogP contribution >= 0.6 is 11.3 Å². The third-order valence-corrected chi connectivity index (χ3v) is 4.76. The number of sulfone groups is 1. The molecule has 1 aromatic carbocycles. The van der Waals surface area contributed by atoms with Gasteiger partial charge in [0.15, 0.2) is 15.5 Å². The van der Waals surface area contributed by atoms with E-state index in [0.717, 1.165) is 17.0 Å². The number of thiazole rings is 1. The minimum Gasteiger partial charge on any atom is -0.476 e. The van der Waals surface area contributed by atoms with E-state index in [2.05, 4.69) is 10.3 Å². The number of nitrogens with zero attached hydrogens (tertiary/aromatic N) is 1. The van der Waals surface area contributed by atoms with E-state index in [1.165, 1.54) is 16.7 Å². The summed E-state index contributed by atoms with van der Waals surface area (Å²) in [6, 6.07) is 6.48. The Kier molecular flexibility index (Phi) is 4.59. The van der Waals surface area contributed by atoms with Crippen LogP contribution in [0.25, 0.3) is 0 Å². The van der Waals surface area contributed by atoms with E-state index >= 15 is 0 Å². The van der Waals surface area contributed by atoms with Gasteiger partial charge in [-0.05, 0) is 24.3 Å². The van der Waals surface area contributed by atoms with Gasteiger partial charge in [-0.1, -0.05) is 0 Å². The number of anilines is 1. The van der Waals surface area contributed by atoms with Gasteiger partial charge in [0.1, 0.15) is 0 Å². The topological polar surface area (TPSA) is 96.4 Å². The second kappa shape index (κ2) is 6.23. The standard InChI is InChI=1S/C13H14N2O4S2/c1-21(18,19)10-4-2-9(3-5-10)14-7-6-12-15-11(8-20-12)13(16)17/h2-5,8,14H,6-7H2,1H3,(H,16,17). The lowest BCUT2D eigenvalue weighted by Crippen LogP contribution is -2.05. The van der Waals surface area contributed by atoms with Gasteiger partial charge in [-0.2, -0.15) is 0 Å². The van der Waals surface area contributed by atoms with Crippen molar-refractivity contribution in [2.45, 2.75) is 11.3 Å². The Hall–Kier alpha value is -1.93. The predicted molar refractivity (Wildman–Crippen MR) is 80.8 cm³/mol. The first-order valence-corrected chi connectivity index (χ1v) is 8.85. The summed E-state index contributed by atoms with van der Waals surface area (Å²) in [6.07, 6.45) is 1.77. The number of aromatic nitrogens is 1. The highest BCUT2D eigenvalue weighted by Gasteiger charge is 2.08. The molecule has 0 unspecified atom stereocenters. The Balaban J connectivity index is 1.89. The van der Waals surface area contributed by atoms with Gasteiger partial charge < -0.3 is 10.4 Å². The van der Waals surface area contributed by atoms with Crippen molar-refractivity contribution in [3.63, 3.8) is 0 Å². The molecule has 0 saturated heterocycles. The number of aromatic carboxylic acids is 1. The Bertz CT molecular complexity index is 736. The Morgan fingerprint density at radius 2 is 2.00 bits per heavy atom. The molecule has 0 radical (unpaired) electrons. The van der Waals surface area contributed by atoms with Crippen LogP contribution in [-0.2, 0) is 16.3 Å². The van der Waals surface area contributed by atoms with Gasteiger partial charge in [0, 0.05) is 30.3 Å². The molecule has 112 valence electrons. The van der Waals surface area contributed by atoms with Crippen LogP contribution in [0.15, 0.2) is 34.5 Å². The van der Waals surface area contributed by atoms with Gasteiger partial charge in [-0.3, -0.25) is 0 Å². The second-order valence-corrected chi connectivity index (χ2v) is 7.36. The van der Waals surface area contributed by atoms with Crippen molar-refractivity contribution in [2.75, 3.05) is 18.1 Å². The van der Waals surface area contributed by atoms with E-state index in [-0.39, 0.29) is 10.6 Å². The van der Waals surface area contributed by atoms with Crippen LogP contribution in [0, 0.1) is 0 Å². The van der Waals surface area contributed by atoms with E-state index in [1.807, 2.05) is 0 Å². The highest BCUT2D eigenvalue weighted by molar-refractivity contribution is 7.90. The summed E-state index contributed by atoms with van der Waals surface area (Å²) in [6.45, 7) is 0.588. The zero-order chi connectivity index (χ0) is 15.5. The van der Waals surface area contributed by atoms with E-state index in [1.54, 1.807) is 24.3 Å². The molecule has 21 heavy (non-hydrogen) atoms. The van der Waals surface area contributed by atoms with Crippen LogP contribution < -0.4 is 5.32 Å². The molecule has 0 aliphatic carbocycles. The Labute approximate surface area is 126 Å². The van der Waals surface area contributed by atoms with E-state index < -0.39 is 15.8 Å². The maximum Gasteiger partial charge on any atom is 0.355 e. The number of nitrogens with one attached hydrogen (secondary N) is 1. The number of benzene rings is 1. The molecule has 2 N–H and O–H groups in total. The smallest absolute Gasteiger partial charge is 0.355 e. The quantitative estimate of drug-likeness (QED) is 0.841. The maximum atomic E-state index is 11.3. The fraction of sp³-hybridized carbons (Fsp3) is 0.231. The summed E-state index contributed by atoms with van der Waals surface area (Å²) < 4.78 is 22.7. The van der Waals surface area contributed by atoms with Crippen molar-refractivity contribution in [3.8, 4) is 0 Å². The normalized spacial score (nSPS) is 11.3. The van der Waals surface area contributed by atoms with Gasteiger partial charge in [0.25, 0.3) is 0 Å². The predicted octanol–water partition coefficient (Wildman–Crippen LogP) is 1.90. The summed E-state index contributed by atoms with van der Waals surface area (Å²) in [7, 11) is -3.18. The first-order chi connectivity index (χ1) is 9.86. The maximum absolute atomic E-state index is 11.3. The van der Waals surface area contributed by atoms with E-state index in [9.17, 15) is 13.2 Å². The molecule has 0 bridgehead atoms. The number of hydrogen-bond donors (Lipinski definition) is 2. The molecular weight excluding hydrogens is 312 g/mol. The number of carboxylic acids is 1. The summed E-state index contributed by atoms with van der Waals surface area (Å²) >= 11 is 1.31. The van der Waals surface area contributed by atoms with Crippen molar-refractivity contribution < 1.29 is 18.3 Å². The number of rotatable bonds is 6. The molecule has 2 rings (SSSR count). The number of carboxylic acid groups (broad SMARTS) is 1. The highest BCUT2D eigenvalue weighted by Crippen LogP contribution is 2.15. The van der Waals surface area contributed by atoms with Gasteiger partial charge in [0.05, 0.1) is 9.90 Å². The van der Waals surface area contributed by atoms with E-state index in [4.69, 9.17) is 5.11 Å².